The lowest BCUT2D eigenvalue weighted by Gasteiger charge is -2.18. The van der Waals surface area contributed by atoms with Gasteiger partial charge in [-0.25, -0.2) is 8.78 Å². The molecule has 0 aliphatic carbocycles. The first kappa shape index (κ1) is 24.0. The summed E-state index contributed by atoms with van der Waals surface area (Å²) in [5, 5.41) is 5.35. The molecule has 0 spiro atoms. The molecule has 0 aromatic heterocycles. The molecule has 1 aromatic rings. The Balaban J connectivity index is 2.92. The number of hydrogen-bond donors (Lipinski definition) is 2. The first-order chi connectivity index (χ1) is 12.9. The van der Waals surface area contributed by atoms with Crippen LogP contribution in [0.1, 0.15) is 0 Å². The van der Waals surface area contributed by atoms with E-state index in [-0.39, 0.29) is 10.8 Å². The van der Waals surface area contributed by atoms with E-state index in [1.165, 1.54) is 7.11 Å². The molecule has 28 heavy (non-hydrogen) atoms. The van der Waals surface area contributed by atoms with Crippen LogP contribution in [-0.4, -0.2) is 57.1 Å². The van der Waals surface area contributed by atoms with E-state index >= 15 is 0 Å². The molecule has 5 nitrogen and oxygen atoms in total. The van der Waals surface area contributed by atoms with Gasteiger partial charge in [0, 0.05) is 37.5 Å². The van der Waals surface area contributed by atoms with Gasteiger partial charge >= 0.3 is 18.5 Å². The number of rotatable bonds is 10. The lowest BCUT2D eigenvalue weighted by atomic mass is 10.2. The van der Waals surface area contributed by atoms with Crippen molar-refractivity contribution in [2.75, 3.05) is 38.8 Å². The molecule has 0 aliphatic rings. The molecule has 1 aromatic carbocycles. The highest BCUT2D eigenvalue weighted by molar-refractivity contribution is 7.80. The molecule has 0 radical (unpaired) electrons. The molecule has 0 aliphatic heterocycles. The van der Waals surface area contributed by atoms with E-state index < -0.39 is 43.2 Å². The smallest absolute Gasteiger partial charge is 0.422 e. The van der Waals surface area contributed by atoms with Crippen molar-refractivity contribution in [3.8, 4) is 11.5 Å². The van der Waals surface area contributed by atoms with Crippen LogP contribution in [0.25, 0.3) is 0 Å². The van der Waals surface area contributed by atoms with Crippen molar-refractivity contribution in [2.45, 2.75) is 18.5 Å². The Kier molecular flexibility index (Phi) is 9.01. The minimum Gasteiger partial charge on any atom is -0.487 e. The molecule has 0 bridgehead atoms. The Morgan fingerprint density at radius 2 is 1.61 bits per heavy atom. The fourth-order valence-corrected chi connectivity index (χ4v) is 1.88. The van der Waals surface area contributed by atoms with Gasteiger partial charge in [-0.1, -0.05) is 0 Å². The fourth-order valence-electron chi connectivity index (χ4n) is 1.66. The third-order valence-corrected chi connectivity index (χ3v) is 3.13. The van der Waals surface area contributed by atoms with Gasteiger partial charge in [-0.3, -0.25) is 0 Å². The molecule has 0 atom stereocenters. The summed E-state index contributed by atoms with van der Waals surface area (Å²) in [6, 6.07) is 3.06. The highest BCUT2D eigenvalue weighted by Gasteiger charge is 2.41. The number of nitrogens with one attached hydrogen (secondary N) is 2. The van der Waals surface area contributed by atoms with E-state index in [1.54, 1.807) is 0 Å². The third-order valence-electron chi connectivity index (χ3n) is 2.88. The molecule has 13 heteroatoms. The molecular formula is C15H17F7N2O3S. The van der Waals surface area contributed by atoms with Crippen LogP contribution < -0.4 is 20.1 Å². The van der Waals surface area contributed by atoms with Gasteiger partial charge in [-0.05, 0) is 12.2 Å². The van der Waals surface area contributed by atoms with Crippen LogP contribution in [0.15, 0.2) is 18.2 Å². The first-order valence-corrected chi connectivity index (χ1v) is 8.01. The van der Waals surface area contributed by atoms with Crippen LogP contribution in [-0.2, 0) is 4.74 Å². The molecule has 0 amide bonds. The summed E-state index contributed by atoms with van der Waals surface area (Å²) < 4.78 is 101. The molecule has 160 valence electrons. The first-order valence-electron chi connectivity index (χ1n) is 7.60. The SMILES string of the molecule is COCCNC(=S)Nc1cc(OCC(F)(F)F)cc(OCC(F)(F)C(F)F)c1. The molecule has 0 unspecified atom stereocenters. The van der Waals surface area contributed by atoms with E-state index in [2.05, 4.69) is 20.1 Å². The van der Waals surface area contributed by atoms with Crippen LogP contribution in [0, 0.1) is 0 Å². The van der Waals surface area contributed by atoms with Gasteiger partial charge in [0.1, 0.15) is 11.5 Å². The van der Waals surface area contributed by atoms with Gasteiger partial charge in [-0.2, -0.15) is 22.0 Å². The maximum atomic E-state index is 13.0. The number of hydrogen-bond acceptors (Lipinski definition) is 4. The van der Waals surface area contributed by atoms with E-state index in [4.69, 9.17) is 17.0 Å². The average Bonchev–Trinajstić information content (AvgIpc) is 2.58. The van der Waals surface area contributed by atoms with Crippen LogP contribution in [0.5, 0.6) is 11.5 Å². The number of thiocarbonyl (C=S) groups is 1. The molecule has 0 saturated heterocycles. The summed E-state index contributed by atoms with van der Waals surface area (Å²) in [5.74, 6) is -5.24. The van der Waals surface area contributed by atoms with Crippen molar-refractivity contribution in [3.63, 3.8) is 0 Å². The zero-order valence-electron chi connectivity index (χ0n) is 14.4. The molecule has 1 rings (SSSR count). The number of ether oxygens (including phenoxy) is 3. The maximum Gasteiger partial charge on any atom is 0.422 e. The standard InChI is InChI=1S/C15H17F7N2O3S/c1-25-3-2-23-13(28)24-9-4-10(26-7-14(18,19)12(16)17)6-11(5-9)27-8-15(20,21)22/h4-6,12H,2-3,7-8H2,1H3,(H2,23,24,28). The highest BCUT2D eigenvalue weighted by atomic mass is 32.1. The normalized spacial score (nSPS) is 12.0. The van der Waals surface area contributed by atoms with Gasteiger partial charge in [0.25, 0.3) is 0 Å². The predicted molar refractivity (Wildman–Crippen MR) is 90.5 cm³/mol. The number of anilines is 1. The number of alkyl halides is 7. The third kappa shape index (κ3) is 9.26. The second-order valence-electron chi connectivity index (χ2n) is 5.32. The number of halogens is 7. The van der Waals surface area contributed by atoms with Crippen LogP contribution in [0.2, 0.25) is 0 Å². The Hall–Kier alpha value is -2.02. The van der Waals surface area contributed by atoms with Crippen molar-refractivity contribution in [1.82, 2.24) is 5.32 Å². The second-order valence-corrected chi connectivity index (χ2v) is 5.73. The highest BCUT2D eigenvalue weighted by Crippen LogP contribution is 2.30. The van der Waals surface area contributed by atoms with Crippen molar-refractivity contribution in [3.05, 3.63) is 18.2 Å². The number of methoxy groups -OCH3 is 1. The van der Waals surface area contributed by atoms with Crippen LogP contribution in [0.4, 0.5) is 36.4 Å². The molecule has 2 N–H and O–H groups in total. The quantitative estimate of drug-likeness (QED) is 0.329. The predicted octanol–water partition coefficient (Wildman–Crippen LogP) is 3.84. The Bertz CT molecular complexity index is 645. The zero-order chi connectivity index (χ0) is 21.4. The Labute approximate surface area is 161 Å². The molecule has 0 saturated carbocycles. The summed E-state index contributed by atoms with van der Waals surface area (Å²) >= 11 is 4.96. The zero-order valence-corrected chi connectivity index (χ0v) is 15.2. The lowest BCUT2D eigenvalue weighted by Crippen LogP contribution is -2.33. The topological polar surface area (TPSA) is 51.8 Å². The fraction of sp³-hybridized carbons (Fsp3) is 0.533. The minimum absolute atomic E-state index is 0.0324. The average molecular weight is 438 g/mol. The van der Waals surface area contributed by atoms with Crippen molar-refractivity contribution < 1.29 is 44.9 Å². The Morgan fingerprint density at radius 3 is 2.11 bits per heavy atom. The summed E-state index contributed by atoms with van der Waals surface area (Å²) in [7, 11) is 1.46. The molecule has 0 heterocycles. The number of benzene rings is 1. The molecular weight excluding hydrogens is 421 g/mol. The van der Waals surface area contributed by atoms with Gasteiger partial charge in [0.2, 0.25) is 0 Å². The second kappa shape index (κ2) is 10.5. The van der Waals surface area contributed by atoms with Crippen molar-refractivity contribution >= 4 is 23.0 Å². The van der Waals surface area contributed by atoms with Crippen molar-refractivity contribution in [2.24, 2.45) is 0 Å². The summed E-state index contributed by atoms with van der Waals surface area (Å²) in [4.78, 5) is 0. The largest absolute Gasteiger partial charge is 0.487 e. The van der Waals surface area contributed by atoms with E-state index in [1.807, 2.05) is 0 Å². The summed E-state index contributed by atoms with van der Waals surface area (Å²) in [5.41, 5.74) is 0.0324. The monoisotopic (exact) mass is 438 g/mol. The van der Waals surface area contributed by atoms with E-state index in [0.717, 1.165) is 18.2 Å². The van der Waals surface area contributed by atoms with E-state index in [0.29, 0.717) is 13.2 Å². The minimum atomic E-state index is -4.65. The van der Waals surface area contributed by atoms with E-state index in [9.17, 15) is 30.7 Å². The maximum absolute atomic E-state index is 13.0. The molecule has 0 fully saturated rings. The van der Waals surface area contributed by atoms with Gasteiger partial charge in [-0.15, -0.1) is 0 Å². The summed E-state index contributed by atoms with van der Waals surface area (Å²) in [6.07, 6.45) is -8.61. The van der Waals surface area contributed by atoms with Crippen LogP contribution >= 0.6 is 12.2 Å². The van der Waals surface area contributed by atoms with Gasteiger partial charge < -0.3 is 24.8 Å². The lowest BCUT2D eigenvalue weighted by molar-refractivity contribution is -0.153. The van der Waals surface area contributed by atoms with Gasteiger partial charge in [0.05, 0.1) is 6.61 Å². The van der Waals surface area contributed by atoms with Crippen LogP contribution in [0.3, 0.4) is 0 Å². The summed E-state index contributed by atoms with van der Waals surface area (Å²) in [6.45, 7) is -2.70. The van der Waals surface area contributed by atoms with Gasteiger partial charge in [0.15, 0.2) is 18.3 Å². The van der Waals surface area contributed by atoms with Crippen molar-refractivity contribution in [1.29, 1.82) is 0 Å². The Morgan fingerprint density at radius 1 is 1.04 bits per heavy atom.